The summed E-state index contributed by atoms with van der Waals surface area (Å²) in [6.07, 6.45) is 1.79. The lowest BCUT2D eigenvalue weighted by atomic mass is 10.0. The number of ether oxygens (including phenoxy) is 2. The van der Waals surface area contributed by atoms with Crippen LogP contribution in [-0.4, -0.2) is 49.5 Å². The smallest absolute Gasteiger partial charge is 0.127 e. The summed E-state index contributed by atoms with van der Waals surface area (Å²) >= 11 is 0. The highest BCUT2D eigenvalue weighted by Crippen LogP contribution is 2.26. The molecule has 2 aromatic rings. The first kappa shape index (κ1) is 18.8. The van der Waals surface area contributed by atoms with E-state index in [0.29, 0.717) is 18.9 Å². The Morgan fingerprint density at radius 3 is 2.50 bits per heavy atom. The summed E-state index contributed by atoms with van der Waals surface area (Å²) in [4.78, 5) is 2.23. The second-order valence-corrected chi connectivity index (χ2v) is 6.78. The topological polar surface area (TPSA) is 41.9 Å². The van der Waals surface area contributed by atoms with Crippen LogP contribution in [0.3, 0.4) is 0 Å². The number of aliphatic hydroxyl groups is 1. The SMILES string of the molecule is COCc1ccc(-c2cc(F)cc(OCC(O)CN3CCCC3)c2)cc1. The van der Waals surface area contributed by atoms with Gasteiger partial charge in [-0.3, -0.25) is 0 Å². The van der Waals surface area contributed by atoms with E-state index < -0.39 is 6.10 Å². The number of halogens is 1. The fourth-order valence-corrected chi connectivity index (χ4v) is 3.28. The van der Waals surface area contributed by atoms with Crippen molar-refractivity contribution in [1.29, 1.82) is 0 Å². The minimum Gasteiger partial charge on any atom is -0.491 e. The third-order valence-electron chi connectivity index (χ3n) is 4.58. The van der Waals surface area contributed by atoms with Gasteiger partial charge in [0.2, 0.25) is 0 Å². The second-order valence-electron chi connectivity index (χ2n) is 6.78. The van der Waals surface area contributed by atoms with E-state index in [-0.39, 0.29) is 12.4 Å². The zero-order valence-electron chi connectivity index (χ0n) is 15.2. The van der Waals surface area contributed by atoms with E-state index in [2.05, 4.69) is 4.90 Å². The summed E-state index contributed by atoms with van der Waals surface area (Å²) < 4.78 is 24.7. The minimum absolute atomic E-state index is 0.159. The fraction of sp³-hybridized carbons (Fsp3) is 0.429. The Bertz CT molecular complexity index is 699. The quantitative estimate of drug-likeness (QED) is 0.784. The second kappa shape index (κ2) is 9.12. The molecule has 0 aromatic heterocycles. The van der Waals surface area contributed by atoms with Gasteiger partial charge in [-0.05, 0) is 54.8 Å². The van der Waals surface area contributed by atoms with E-state index >= 15 is 0 Å². The van der Waals surface area contributed by atoms with Crippen LogP contribution in [0.1, 0.15) is 18.4 Å². The number of aliphatic hydroxyl groups excluding tert-OH is 1. The van der Waals surface area contributed by atoms with Crippen LogP contribution in [0.25, 0.3) is 11.1 Å². The molecule has 1 aliphatic rings. The van der Waals surface area contributed by atoms with Crippen LogP contribution >= 0.6 is 0 Å². The van der Waals surface area contributed by atoms with E-state index in [0.717, 1.165) is 29.8 Å². The number of nitrogens with zero attached hydrogens (tertiary/aromatic N) is 1. The van der Waals surface area contributed by atoms with Crippen LogP contribution in [-0.2, 0) is 11.3 Å². The molecule has 0 bridgehead atoms. The van der Waals surface area contributed by atoms with Crippen molar-refractivity contribution in [1.82, 2.24) is 4.90 Å². The Morgan fingerprint density at radius 2 is 1.81 bits per heavy atom. The molecule has 1 fully saturated rings. The molecule has 1 aliphatic heterocycles. The molecule has 0 amide bonds. The standard InChI is InChI=1S/C21H26FNO3/c1-25-14-16-4-6-17(7-5-16)18-10-19(22)12-21(11-18)26-15-20(24)13-23-8-2-3-9-23/h4-7,10-12,20,24H,2-3,8-9,13-15H2,1H3. The van der Waals surface area contributed by atoms with Crippen molar-refractivity contribution < 1.29 is 19.0 Å². The molecule has 0 aliphatic carbocycles. The number of β-amino-alcohol motifs (C(OH)–C–C–N with tert-alkyl or cyclic N) is 1. The van der Waals surface area contributed by atoms with Gasteiger partial charge in [0.15, 0.2) is 0 Å². The van der Waals surface area contributed by atoms with E-state index in [1.165, 1.54) is 25.0 Å². The normalized spacial score (nSPS) is 16.0. The van der Waals surface area contributed by atoms with E-state index in [1.807, 2.05) is 24.3 Å². The van der Waals surface area contributed by atoms with E-state index in [1.54, 1.807) is 13.2 Å². The Hall–Kier alpha value is -1.95. The van der Waals surface area contributed by atoms with Crippen LogP contribution in [0.5, 0.6) is 5.75 Å². The lowest BCUT2D eigenvalue weighted by Crippen LogP contribution is -2.33. The van der Waals surface area contributed by atoms with Crippen molar-refractivity contribution in [3.8, 4) is 16.9 Å². The zero-order valence-corrected chi connectivity index (χ0v) is 15.2. The summed E-state index contributed by atoms with van der Waals surface area (Å²) in [6, 6.07) is 12.4. The van der Waals surface area contributed by atoms with Gasteiger partial charge in [0.25, 0.3) is 0 Å². The highest BCUT2D eigenvalue weighted by molar-refractivity contribution is 5.65. The van der Waals surface area contributed by atoms with Gasteiger partial charge in [-0.25, -0.2) is 4.39 Å². The third kappa shape index (κ3) is 5.27. The van der Waals surface area contributed by atoms with Crippen molar-refractivity contribution in [2.24, 2.45) is 0 Å². The molecular weight excluding hydrogens is 333 g/mol. The number of likely N-dealkylation sites (tertiary alicyclic amines) is 1. The highest BCUT2D eigenvalue weighted by Gasteiger charge is 2.16. The maximum absolute atomic E-state index is 14.0. The Labute approximate surface area is 154 Å². The maximum atomic E-state index is 14.0. The molecule has 1 unspecified atom stereocenters. The maximum Gasteiger partial charge on any atom is 0.127 e. The molecule has 0 radical (unpaired) electrons. The van der Waals surface area contributed by atoms with Gasteiger partial charge >= 0.3 is 0 Å². The molecule has 4 nitrogen and oxygen atoms in total. The predicted molar refractivity (Wildman–Crippen MR) is 99.7 cm³/mol. The Morgan fingerprint density at radius 1 is 1.08 bits per heavy atom. The monoisotopic (exact) mass is 359 g/mol. The fourth-order valence-electron chi connectivity index (χ4n) is 3.28. The minimum atomic E-state index is -0.576. The highest BCUT2D eigenvalue weighted by atomic mass is 19.1. The van der Waals surface area contributed by atoms with Gasteiger partial charge in [0.1, 0.15) is 24.3 Å². The van der Waals surface area contributed by atoms with Crippen LogP contribution in [0.2, 0.25) is 0 Å². The summed E-state index contributed by atoms with van der Waals surface area (Å²) in [6.45, 7) is 3.36. The summed E-state index contributed by atoms with van der Waals surface area (Å²) in [5, 5.41) is 10.1. The lowest BCUT2D eigenvalue weighted by Gasteiger charge is -2.19. The average Bonchev–Trinajstić information content (AvgIpc) is 3.13. The lowest BCUT2D eigenvalue weighted by molar-refractivity contribution is 0.0757. The molecule has 140 valence electrons. The van der Waals surface area contributed by atoms with Crippen molar-refractivity contribution in [2.45, 2.75) is 25.6 Å². The van der Waals surface area contributed by atoms with Crippen LogP contribution in [0, 0.1) is 5.82 Å². The third-order valence-corrected chi connectivity index (χ3v) is 4.58. The summed E-state index contributed by atoms with van der Waals surface area (Å²) in [5.74, 6) is 0.0777. The first-order valence-electron chi connectivity index (χ1n) is 9.06. The van der Waals surface area contributed by atoms with Crippen molar-refractivity contribution in [3.63, 3.8) is 0 Å². The van der Waals surface area contributed by atoms with Gasteiger partial charge in [-0.1, -0.05) is 24.3 Å². The Kier molecular flexibility index (Phi) is 6.61. The van der Waals surface area contributed by atoms with Gasteiger partial charge < -0.3 is 19.5 Å². The average molecular weight is 359 g/mol. The molecule has 1 N–H and O–H groups in total. The molecule has 3 rings (SSSR count). The molecule has 26 heavy (non-hydrogen) atoms. The Balaban J connectivity index is 1.63. The zero-order chi connectivity index (χ0) is 18.4. The summed E-state index contributed by atoms with van der Waals surface area (Å²) in [5.41, 5.74) is 2.72. The van der Waals surface area contributed by atoms with Gasteiger partial charge in [-0.2, -0.15) is 0 Å². The van der Waals surface area contributed by atoms with Crippen molar-refractivity contribution in [2.75, 3.05) is 33.4 Å². The number of hydrogen-bond donors (Lipinski definition) is 1. The first-order chi connectivity index (χ1) is 12.6. The van der Waals surface area contributed by atoms with Gasteiger partial charge in [0, 0.05) is 19.7 Å². The first-order valence-corrected chi connectivity index (χ1v) is 9.06. The number of hydrogen-bond acceptors (Lipinski definition) is 4. The van der Waals surface area contributed by atoms with E-state index in [4.69, 9.17) is 9.47 Å². The molecule has 1 heterocycles. The molecule has 2 aromatic carbocycles. The largest absolute Gasteiger partial charge is 0.491 e. The summed E-state index contributed by atoms with van der Waals surface area (Å²) in [7, 11) is 1.66. The van der Waals surface area contributed by atoms with Gasteiger partial charge in [-0.15, -0.1) is 0 Å². The van der Waals surface area contributed by atoms with Crippen LogP contribution in [0.15, 0.2) is 42.5 Å². The molecular formula is C21H26FNO3. The molecule has 0 saturated carbocycles. The van der Waals surface area contributed by atoms with Crippen molar-refractivity contribution in [3.05, 3.63) is 53.8 Å². The number of benzene rings is 2. The molecule has 0 spiro atoms. The van der Waals surface area contributed by atoms with Crippen LogP contribution < -0.4 is 4.74 Å². The van der Waals surface area contributed by atoms with E-state index in [9.17, 15) is 9.50 Å². The molecule has 1 saturated heterocycles. The number of methoxy groups -OCH3 is 1. The predicted octanol–water partition coefficient (Wildman–Crippen LogP) is 3.47. The number of rotatable bonds is 8. The molecule has 5 heteroatoms. The van der Waals surface area contributed by atoms with Crippen LogP contribution in [0.4, 0.5) is 4.39 Å². The molecule has 1 atom stereocenters. The van der Waals surface area contributed by atoms with Crippen molar-refractivity contribution >= 4 is 0 Å². The van der Waals surface area contributed by atoms with Gasteiger partial charge in [0.05, 0.1) is 6.61 Å².